The fourth-order valence-electron chi connectivity index (χ4n) is 2.56. The Bertz CT molecular complexity index is 480. The van der Waals surface area contributed by atoms with Crippen molar-refractivity contribution >= 4 is 6.08 Å². The Hall–Kier alpha value is -1.44. The smallest absolute Gasteiger partial charge is 0.235 e. The van der Waals surface area contributed by atoms with Crippen molar-refractivity contribution in [2.45, 2.75) is 50.7 Å². The topological polar surface area (TPSA) is 38.7 Å². The SMILES string of the molecule is COC(C)(C)Cc1ccc(C2(N=C=O)CCC2)cc1. The molecule has 1 aromatic carbocycles. The van der Waals surface area contributed by atoms with E-state index in [-0.39, 0.29) is 11.1 Å². The number of hydrogen-bond donors (Lipinski definition) is 0. The largest absolute Gasteiger partial charge is 0.378 e. The number of hydrogen-bond acceptors (Lipinski definition) is 3. The van der Waals surface area contributed by atoms with Gasteiger partial charge in [-0.05, 0) is 44.2 Å². The third-order valence-electron chi connectivity index (χ3n) is 4.11. The molecule has 0 heterocycles. The summed E-state index contributed by atoms with van der Waals surface area (Å²) in [5.41, 5.74) is 1.91. The van der Waals surface area contributed by atoms with Gasteiger partial charge < -0.3 is 4.74 Å². The Morgan fingerprint density at radius 3 is 2.37 bits per heavy atom. The van der Waals surface area contributed by atoms with Gasteiger partial charge in [-0.2, -0.15) is 4.99 Å². The van der Waals surface area contributed by atoms with Crippen LogP contribution < -0.4 is 0 Å². The first-order valence-electron chi connectivity index (χ1n) is 6.75. The number of carbonyl (C=O) groups excluding carboxylic acids is 1. The van der Waals surface area contributed by atoms with Gasteiger partial charge in [0, 0.05) is 13.5 Å². The predicted octanol–water partition coefficient (Wildman–Crippen LogP) is 3.37. The van der Waals surface area contributed by atoms with E-state index in [9.17, 15) is 4.79 Å². The van der Waals surface area contributed by atoms with Gasteiger partial charge in [-0.1, -0.05) is 24.3 Å². The maximum absolute atomic E-state index is 10.6. The zero-order chi connectivity index (χ0) is 13.9. The van der Waals surface area contributed by atoms with Crippen molar-refractivity contribution in [1.29, 1.82) is 0 Å². The molecule has 0 aliphatic heterocycles. The fraction of sp³-hybridized carbons (Fsp3) is 0.562. The summed E-state index contributed by atoms with van der Waals surface area (Å²) < 4.78 is 5.44. The molecule has 19 heavy (non-hydrogen) atoms. The lowest BCUT2D eigenvalue weighted by Crippen LogP contribution is -2.32. The van der Waals surface area contributed by atoms with Crippen LogP contribution in [0.5, 0.6) is 0 Å². The zero-order valence-electron chi connectivity index (χ0n) is 11.9. The van der Waals surface area contributed by atoms with Crippen LogP contribution in [0.15, 0.2) is 29.3 Å². The number of benzene rings is 1. The summed E-state index contributed by atoms with van der Waals surface area (Å²) >= 11 is 0. The lowest BCUT2D eigenvalue weighted by molar-refractivity contribution is 0.0232. The maximum Gasteiger partial charge on any atom is 0.235 e. The van der Waals surface area contributed by atoms with Crippen molar-refractivity contribution in [2.75, 3.05) is 7.11 Å². The molecule has 2 rings (SSSR count). The predicted molar refractivity (Wildman–Crippen MR) is 74.9 cm³/mol. The molecule has 0 amide bonds. The van der Waals surface area contributed by atoms with E-state index in [1.807, 2.05) is 0 Å². The first-order valence-corrected chi connectivity index (χ1v) is 6.75. The van der Waals surface area contributed by atoms with E-state index in [0.29, 0.717) is 0 Å². The Morgan fingerprint density at radius 1 is 1.32 bits per heavy atom. The van der Waals surface area contributed by atoms with Gasteiger partial charge in [-0.15, -0.1) is 0 Å². The molecule has 0 N–H and O–H groups in total. The van der Waals surface area contributed by atoms with Crippen LogP contribution in [-0.4, -0.2) is 18.8 Å². The van der Waals surface area contributed by atoms with E-state index in [1.54, 1.807) is 13.2 Å². The van der Waals surface area contributed by atoms with Gasteiger partial charge in [0.15, 0.2) is 0 Å². The molecule has 1 aliphatic carbocycles. The van der Waals surface area contributed by atoms with Gasteiger partial charge >= 0.3 is 0 Å². The molecule has 0 aromatic heterocycles. The molecule has 0 bridgehead atoms. The van der Waals surface area contributed by atoms with Crippen molar-refractivity contribution in [2.24, 2.45) is 4.99 Å². The number of methoxy groups -OCH3 is 1. The third-order valence-corrected chi connectivity index (χ3v) is 4.11. The average Bonchev–Trinajstić information content (AvgIpc) is 2.35. The summed E-state index contributed by atoms with van der Waals surface area (Å²) in [6, 6.07) is 8.38. The van der Waals surface area contributed by atoms with Crippen LogP contribution in [0.2, 0.25) is 0 Å². The first kappa shape index (κ1) is 14.0. The standard InChI is InChI=1S/C16H21NO2/c1-15(2,19-3)11-13-5-7-14(8-6-13)16(17-12-18)9-4-10-16/h5-8H,4,9-11H2,1-3H3. The lowest BCUT2D eigenvalue weighted by atomic mass is 9.72. The molecule has 0 saturated heterocycles. The molecule has 1 saturated carbocycles. The Labute approximate surface area is 114 Å². The maximum atomic E-state index is 10.6. The minimum atomic E-state index is -0.295. The monoisotopic (exact) mass is 259 g/mol. The number of rotatable bonds is 5. The van der Waals surface area contributed by atoms with Crippen LogP contribution in [0.25, 0.3) is 0 Å². The van der Waals surface area contributed by atoms with Crippen molar-refractivity contribution in [3.63, 3.8) is 0 Å². The van der Waals surface area contributed by atoms with Crippen molar-refractivity contribution in [3.05, 3.63) is 35.4 Å². The minimum absolute atomic E-state index is 0.156. The molecule has 3 heteroatoms. The molecule has 0 spiro atoms. The molecule has 1 fully saturated rings. The van der Waals surface area contributed by atoms with E-state index in [0.717, 1.165) is 31.2 Å². The zero-order valence-corrected chi connectivity index (χ0v) is 11.9. The summed E-state index contributed by atoms with van der Waals surface area (Å²) in [6.45, 7) is 4.15. The molecule has 0 atom stereocenters. The Balaban J connectivity index is 2.17. The molecular weight excluding hydrogens is 238 g/mol. The summed E-state index contributed by atoms with van der Waals surface area (Å²) in [7, 11) is 1.73. The minimum Gasteiger partial charge on any atom is -0.378 e. The van der Waals surface area contributed by atoms with Crippen molar-refractivity contribution in [1.82, 2.24) is 0 Å². The second kappa shape index (κ2) is 5.28. The highest BCUT2D eigenvalue weighted by atomic mass is 16.5. The van der Waals surface area contributed by atoms with Gasteiger partial charge in [0.1, 0.15) is 0 Å². The van der Waals surface area contributed by atoms with E-state index in [1.165, 1.54) is 5.56 Å². The number of ether oxygens (including phenoxy) is 1. The van der Waals surface area contributed by atoms with E-state index >= 15 is 0 Å². The highest BCUT2D eigenvalue weighted by Crippen LogP contribution is 2.44. The lowest BCUT2D eigenvalue weighted by Gasteiger charge is -2.37. The van der Waals surface area contributed by atoms with Crippen LogP contribution in [0.4, 0.5) is 0 Å². The molecule has 102 valence electrons. The second-order valence-electron chi connectivity index (χ2n) is 5.93. The number of aliphatic imine (C=N–C) groups is 1. The summed E-state index contributed by atoms with van der Waals surface area (Å²) in [6.07, 6.45) is 5.62. The summed E-state index contributed by atoms with van der Waals surface area (Å²) in [4.78, 5) is 14.6. The molecular formula is C16H21NO2. The number of nitrogens with zero attached hydrogens (tertiary/aromatic N) is 1. The highest BCUT2D eigenvalue weighted by Gasteiger charge is 2.38. The quantitative estimate of drug-likeness (QED) is 0.600. The molecule has 0 radical (unpaired) electrons. The summed E-state index contributed by atoms with van der Waals surface area (Å²) in [5.74, 6) is 0. The Kier molecular flexibility index (Phi) is 3.88. The third kappa shape index (κ3) is 2.94. The average molecular weight is 259 g/mol. The van der Waals surface area contributed by atoms with Gasteiger partial charge in [-0.3, -0.25) is 0 Å². The van der Waals surface area contributed by atoms with Gasteiger partial charge in [0.2, 0.25) is 6.08 Å². The van der Waals surface area contributed by atoms with Gasteiger partial charge in [0.25, 0.3) is 0 Å². The summed E-state index contributed by atoms with van der Waals surface area (Å²) in [5, 5.41) is 0. The van der Waals surface area contributed by atoms with Crippen LogP contribution in [0.1, 0.15) is 44.2 Å². The van der Waals surface area contributed by atoms with Crippen LogP contribution in [0.3, 0.4) is 0 Å². The van der Waals surface area contributed by atoms with Gasteiger partial charge in [-0.25, -0.2) is 4.79 Å². The molecule has 0 unspecified atom stereocenters. The number of isocyanates is 1. The fourth-order valence-corrected chi connectivity index (χ4v) is 2.56. The molecule has 3 nitrogen and oxygen atoms in total. The van der Waals surface area contributed by atoms with Crippen LogP contribution >= 0.6 is 0 Å². The van der Waals surface area contributed by atoms with Crippen molar-refractivity contribution < 1.29 is 9.53 Å². The van der Waals surface area contributed by atoms with E-state index in [4.69, 9.17) is 4.74 Å². The van der Waals surface area contributed by atoms with E-state index < -0.39 is 0 Å². The molecule has 1 aliphatic rings. The van der Waals surface area contributed by atoms with Crippen LogP contribution in [0, 0.1) is 0 Å². The highest BCUT2D eigenvalue weighted by molar-refractivity contribution is 5.40. The van der Waals surface area contributed by atoms with Gasteiger partial charge in [0.05, 0.1) is 11.1 Å². The normalized spacial score (nSPS) is 17.4. The Morgan fingerprint density at radius 2 is 1.95 bits per heavy atom. The molecule has 1 aromatic rings. The second-order valence-corrected chi connectivity index (χ2v) is 5.93. The van der Waals surface area contributed by atoms with Crippen LogP contribution in [-0.2, 0) is 21.5 Å². The first-order chi connectivity index (χ1) is 9.01. The van der Waals surface area contributed by atoms with Crippen molar-refractivity contribution in [3.8, 4) is 0 Å². The van der Waals surface area contributed by atoms with E-state index in [2.05, 4.69) is 43.1 Å².